The molecule has 6 nitrogen and oxygen atoms in total. The molecule has 1 aromatic rings. The van der Waals surface area contributed by atoms with Crippen molar-refractivity contribution in [2.45, 2.75) is 19.9 Å². The van der Waals surface area contributed by atoms with Crippen molar-refractivity contribution in [2.75, 3.05) is 12.0 Å². The molecule has 0 bridgehead atoms. The summed E-state index contributed by atoms with van der Waals surface area (Å²) >= 11 is 0. The van der Waals surface area contributed by atoms with Gasteiger partial charge in [0.15, 0.2) is 0 Å². The van der Waals surface area contributed by atoms with Crippen molar-refractivity contribution >= 4 is 20.8 Å². The van der Waals surface area contributed by atoms with E-state index in [1.165, 1.54) is 10.7 Å². The number of rotatable bonds is 2. The molecule has 0 saturated heterocycles. The number of hydrogen-bond donors (Lipinski definition) is 1. The quantitative estimate of drug-likeness (QED) is 0.786. The Morgan fingerprint density at radius 3 is 2.40 bits per heavy atom. The zero-order chi connectivity index (χ0) is 11.8. The molecular formula is C8H13N3O3S. The molecule has 0 radical (unpaired) electrons. The molecule has 2 N–H and O–H groups in total. The summed E-state index contributed by atoms with van der Waals surface area (Å²) in [5.41, 5.74) is 5.44. The van der Waals surface area contributed by atoms with Crippen molar-refractivity contribution in [3.8, 4) is 0 Å². The number of nitrogens with zero attached hydrogens (tertiary/aromatic N) is 2. The Hall–Kier alpha value is -1.37. The first-order valence-corrected chi connectivity index (χ1v) is 6.22. The standard InChI is InChI=1S/C8H13N3O3S/c1-5(2)11-7(9)4-6(10-11)8(12)15(3,13)14/h4-5H,9H2,1-3H3. The second-order valence-electron chi connectivity index (χ2n) is 3.55. The molecule has 1 aromatic heterocycles. The molecule has 0 aliphatic heterocycles. The zero-order valence-corrected chi connectivity index (χ0v) is 9.58. The van der Waals surface area contributed by atoms with Gasteiger partial charge in [0.05, 0.1) is 0 Å². The van der Waals surface area contributed by atoms with Crippen LogP contribution in [0, 0.1) is 0 Å². The molecule has 0 fully saturated rings. The Balaban J connectivity index is 3.20. The Kier molecular flexibility index (Phi) is 2.85. The van der Waals surface area contributed by atoms with Crippen LogP contribution in [0.15, 0.2) is 6.07 Å². The van der Waals surface area contributed by atoms with E-state index >= 15 is 0 Å². The molecule has 0 aliphatic rings. The molecule has 0 aromatic carbocycles. The van der Waals surface area contributed by atoms with Crippen LogP contribution in [0.5, 0.6) is 0 Å². The summed E-state index contributed by atoms with van der Waals surface area (Å²) in [5.74, 6) is 0.275. The van der Waals surface area contributed by atoms with E-state index < -0.39 is 15.0 Å². The molecule has 0 spiro atoms. The third-order valence-corrected chi connectivity index (χ3v) is 2.68. The fourth-order valence-corrected chi connectivity index (χ4v) is 1.59. The Morgan fingerprint density at radius 2 is 2.07 bits per heavy atom. The smallest absolute Gasteiger partial charge is 0.296 e. The van der Waals surface area contributed by atoms with Crippen molar-refractivity contribution in [2.24, 2.45) is 0 Å². The van der Waals surface area contributed by atoms with Crippen LogP contribution in [0.3, 0.4) is 0 Å². The number of anilines is 1. The highest BCUT2D eigenvalue weighted by molar-refractivity contribution is 8.06. The molecule has 84 valence electrons. The van der Waals surface area contributed by atoms with Crippen LogP contribution in [0.4, 0.5) is 5.82 Å². The highest BCUT2D eigenvalue weighted by atomic mass is 32.2. The second-order valence-corrected chi connectivity index (χ2v) is 5.47. The molecule has 7 heteroatoms. The highest BCUT2D eigenvalue weighted by Gasteiger charge is 2.22. The van der Waals surface area contributed by atoms with Crippen LogP contribution < -0.4 is 5.73 Å². The van der Waals surface area contributed by atoms with E-state index in [-0.39, 0.29) is 17.6 Å². The Labute approximate surface area is 88.0 Å². The lowest BCUT2D eigenvalue weighted by Crippen LogP contribution is -2.14. The van der Waals surface area contributed by atoms with Crippen molar-refractivity contribution in [1.29, 1.82) is 0 Å². The first-order chi connectivity index (χ1) is 6.73. The Bertz CT molecular complexity index is 487. The molecule has 0 atom stereocenters. The van der Waals surface area contributed by atoms with Gasteiger partial charge in [0.2, 0.25) is 9.84 Å². The maximum absolute atomic E-state index is 11.3. The van der Waals surface area contributed by atoms with Gasteiger partial charge in [0, 0.05) is 18.4 Å². The third kappa shape index (κ3) is 2.35. The van der Waals surface area contributed by atoms with Crippen LogP contribution in [0.25, 0.3) is 0 Å². The van der Waals surface area contributed by atoms with Gasteiger partial charge in [-0.2, -0.15) is 5.10 Å². The van der Waals surface area contributed by atoms with Crippen molar-refractivity contribution in [1.82, 2.24) is 9.78 Å². The van der Waals surface area contributed by atoms with E-state index in [1.54, 1.807) is 0 Å². The van der Waals surface area contributed by atoms with Gasteiger partial charge in [-0.15, -0.1) is 0 Å². The van der Waals surface area contributed by atoms with E-state index in [0.29, 0.717) is 0 Å². The minimum Gasteiger partial charge on any atom is -0.384 e. The number of carbonyl (C=O) groups excluding carboxylic acids is 1. The summed E-state index contributed by atoms with van der Waals surface area (Å²) in [5, 5.41) is 2.83. The first-order valence-electron chi connectivity index (χ1n) is 4.33. The topological polar surface area (TPSA) is 95.0 Å². The van der Waals surface area contributed by atoms with Crippen molar-refractivity contribution in [3.05, 3.63) is 11.8 Å². The zero-order valence-electron chi connectivity index (χ0n) is 8.76. The van der Waals surface area contributed by atoms with Gasteiger partial charge < -0.3 is 5.73 Å². The lowest BCUT2D eigenvalue weighted by Gasteiger charge is -2.06. The minimum atomic E-state index is -3.76. The number of hydrogen-bond acceptors (Lipinski definition) is 5. The van der Waals surface area contributed by atoms with Gasteiger partial charge in [0.25, 0.3) is 5.12 Å². The first kappa shape index (κ1) is 11.7. The third-order valence-electron chi connectivity index (χ3n) is 1.80. The average Bonchev–Trinajstić information content (AvgIpc) is 2.44. The molecule has 0 unspecified atom stereocenters. The number of aromatic nitrogens is 2. The van der Waals surface area contributed by atoms with Gasteiger partial charge in [-0.25, -0.2) is 13.1 Å². The Morgan fingerprint density at radius 1 is 1.53 bits per heavy atom. The van der Waals surface area contributed by atoms with E-state index in [9.17, 15) is 13.2 Å². The summed E-state index contributed by atoms with van der Waals surface area (Å²) in [6, 6.07) is 1.25. The number of carbonyl (C=O) groups is 1. The molecule has 1 rings (SSSR count). The van der Waals surface area contributed by atoms with Gasteiger partial charge in [-0.3, -0.25) is 4.79 Å². The van der Waals surface area contributed by atoms with E-state index in [0.717, 1.165) is 6.26 Å². The van der Waals surface area contributed by atoms with Crippen LogP contribution in [-0.2, 0) is 9.84 Å². The van der Waals surface area contributed by atoms with Crippen LogP contribution >= 0.6 is 0 Å². The lowest BCUT2D eigenvalue weighted by molar-refractivity contribution is 0.107. The predicted octanol–water partition coefficient (Wildman–Crippen LogP) is 0.231. The number of nitrogens with two attached hydrogens (primary N) is 1. The van der Waals surface area contributed by atoms with Gasteiger partial charge in [-0.1, -0.05) is 0 Å². The molecule has 0 saturated carbocycles. The van der Waals surface area contributed by atoms with Crippen molar-refractivity contribution in [3.63, 3.8) is 0 Å². The predicted molar refractivity (Wildman–Crippen MR) is 56.2 cm³/mol. The molecule has 0 aliphatic carbocycles. The van der Waals surface area contributed by atoms with Crippen LogP contribution in [0.2, 0.25) is 0 Å². The van der Waals surface area contributed by atoms with Gasteiger partial charge in [-0.05, 0) is 13.8 Å². The summed E-state index contributed by atoms with van der Waals surface area (Å²) in [6.45, 7) is 3.66. The van der Waals surface area contributed by atoms with Gasteiger partial charge in [0.1, 0.15) is 11.5 Å². The highest BCUT2D eigenvalue weighted by Crippen LogP contribution is 2.14. The van der Waals surface area contributed by atoms with E-state index in [1.807, 2.05) is 13.8 Å². The number of nitrogen functional groups attached to an aromatic ring is 1. The fourth-order valence-electron chi connectivity index (χ4n) is 1.11. The summed E-state index contributed by atoms with van der Waals surface area (Å²) in [6.07, 6.45) is 0.847. The monoisotopic (exact) mass is 231 g/mol. The summed E-state index contributed by atoms with van der Waals surface area (Å²) in [7, 11) is -3.76. The normalized spacial score (nSPS) is 12.0. The minimum absolute atomic E-state index is 0.0221. The maximum Gasteiger partial charge on any atom is 0.296 e. The second kappa shape index (κ2) is 3.65. The van der Waals surface area contributed by atoms with Crippen LogP contribution in [-0.4, -0.2) is 29.6 Å². The van der Waals surface area contributed by atoms with E-state index in [4.69, 9.17) is 5.73 Å². The molecule has 1 heterocycles. The fraction of sp³-hybridized carbons (Fsp3) is 0.500. The van der Waals surface area contributed by atoms with Crippen molar-refractivity contribution < 1.29 is 13.2 Å². The molecule has 15 heavy (non-hydrogen) atoms. The summed E-state index contributed by atoms with van der Waals surface area (Å²) < 4.78 is 23.4. The van der Waals surface area contributed by atoms with E-state index in [2.05, 4.69) is 5.10 Å². The summed E-state index contributed by atoms with van der Waals surface area (Å²) in [4.78, 5) is 11.3. The molecule has 0 amide bonds. The molecular weight excluding hydrogens is 218 g/mol. The number of sulfone groups is 1. The SMILES string of the molecule is CC(C)n1nc(C(=O)S(C)(=O)=O)cc1N. The largest absolute Gasteiger partial charge is 0.384 e. The maximum atomic E-state index is 11.3. The average molecular weight is 231 g/mol. The van der Waals surface area contributed by atoms with Gasteiger partial charge >= 0.3 is 0 Å². The lowest BCUT2D eigenvalue weighted by atomic mass is 10.4. The van der Waals surface area contributed by atoms with Crippen LogP contribution in [0.1, 0.15) is 30.4 Å².